The number of nitrogens with zero attached hydrogens (tertiary/aromatic N) is 6. The van der Waals surface area contributed by atoms with Crippen LogP contribution in [-0.4, -0.2) is 31.1 Å². The molecule has 2 aromatic heterocycles. The summed E-state index contributed by atoms with van der Waals surface area (Å²) in [6.45, 7) is 30.8. The normalized spacial score (nSPS) is 28.7. The molecule has 0 radical (unpaired) electrons. The van der Waals surface area contributed by atoms with Crippen LogP contribution in [0.2, 0.25) is 0 Å². The van der Waals surface area contributed by atoms with Gasteiger partial charge in [-0.05, 0) is 48.6 Å². The molecule has 0 bridgehead atoms. The minimum absolute atomic E-state index is 0.0133. The topological polar surface area (TPSA) is 78.5 Å². The average Bonchev–Trinajstić information content (AvgIpc) is 3.63. The Hall–Kier alpha value is -3.78. The summed E-state index contributed by atoms with van der Waals surface area (Å²) in [5.41, 5.74) is 3.66. The van der Waals surface area contributed by atoms with Gasteiger partial charge in [0, 0.05) is 50.4 Å². The van der Waals surface area contributed by atoms with Crippen molar-refractivity contribution >= 4 is 11.6 Å². The Morgan fingerprint density at radius 3 is 1.80 bits per heavy atom. The van der Waals surface area contributed by atoms with Gasteiger partial charge in [0.25, 0.3) is 0 Å². The predicted octanol–water partition coefficient (Wildman–Crippen LogP) is 7.60. The Morgan fingerprint density at radius 1 is 0.841 bits per heavy atom. The maximum Gasteiger partial charge on any atom is 0.226 e. The molecule has 0 aliphatic heterocycles. The van der Waals surface area contributed by atoms with E-state index < -0.39 is 10.8 Å². The summed E-state index contributed by atoms with van der Waals surface area (Å²) < 4.78 is 15.2. The minimum Gasteiger partial charge on any atom is -0.307 e. The van der Waals surface area contributed by atoms with Crippen molar-refractivity contribution in [3.05, 3.63) is 81.3 Å². The lowest BCUT2D eigenvalue weighted by molar-refractivity contribution is -0.129. The van der Waals surface area contributed by atoms with Gasteiger partial charge in [-0.2, -0.15) is 10.2 Å². The quantitative estimate of drug-likeness (QED) is 0.290. The summed E-state index contributed by atoms with van der Waals surface area (Å²) in [6, 6.07) is 0. The van der Waals surface area contributed by atoms with Crippen LogP contribution in [0.3, 0.4) is 0 Å². The largest absolute Gasteiger partial charge is 0.307 e. The summed E-state index contributed by atoms with van der Waals surface area (Å²) in [6.07, 6.45) is 11.6. The zero-order valence-electron chi connectivity index (χ0n) is 30.8. The van der Waals surface area contributed by atoms with E-state index in [0.29, 0.717) is 0 Å². The highest BCUT2D eigenvalue weighted by Gasteiger charge is 2.56. The number of fused-ring (bicyclic) bond motifs is 6. The lowest BCUT2D eigenvalue weighted by atomic mass is 9.53. The number of ketones is 2. The fourth-order valence-electron chi connectivity index (χ4n) is 8.46. The van der Waals surface area contributed by atoms with E-state index in [4.69, 9.17) is 15.9 Å². The molecule has 0 spiro atoms. The van der Waals surface area contributed by atoms with E-state index in [9.17, 15) is 9.59 Å². The van der Waals surface area contributed by atoms with Crippen LogP contribution in [0.1, 0.15) is 108 Å². The molecule has 0 aromatic carbocycles. The van der Waals surface area contributed by atoms with Gasteiger partial charge in [0.1, 0.15) is 0 Å². The molecule has 44 heavy (non-hydrogen) atoms. The molecule has 4 atom stereocenters. The number of allylic oxidation sites excluding steroid dienone is 4. The van der Waals surface area contributed by atoms with E-state index in [2.05, 4.69) is 39.9 Å². The highest BCUT2D eigenvalue weighted by molar-refractivity contribution is 6.03. The van der Waals surface area contributed by atoms with Gasteiger partial charge in [-0.3, -0.25) is 9.36 Å². The molecule has 4 aliphatic rings. The van der Waals surface area contributed by atoms with Crippen LogP contribution < -0.4 is 0 Å². The fraction of sp³-hybridized carbons (Fsp3) is 0.611. The molecule has 8 heteroatoms. The number of Topliss-reactive ketones (excluding diaryl/α,β-unsaturated/α-hetero) is 2. The molecule has 8 nitrogen and oxygen atoms in total. The van der Waals surface area contributed by atoms with Crippen LogP contribution in [0.4, 0.5) is 0 Å². The predicted molar refractivity (Wildman–Crippen MR) is 176 cm³/mol. The van der Waals surface area contributed by atoms with E-state index in [1.807, 2.05) is 83.4 Å². The van der Waals surface area contributed by atoms with Crippen molar-refractivity contribution in [2.45, 2.75) is 107 Å². The maximum atomic E-state index is 12.5. The maximum absolute atomic E-state index is 12.5. The Bertz CT molecular complexity index is 1600. The van der Waals surface area contributed by atoms with Gasteiger partial charge in [-0.25, -0.2) is 9.69 Å². The van der Waals surface area contributed by atoms with Crippen LogP contribution in [0.5, 0.6) is 0 Å². The Labute approximate surface area is 268 Å². The Kier molecular flexibility index (Phi) is 9.27. The van der Waals surface area contributed by atoms with Crippen LogP contribution >= 0.6 is 0 Å². The lowest BCUT2D eigenvalue weighted by Gasteiger charge is -2.50. The highest BCUT2D eigenvalue weighted by atomic mass is 16.1. The second-order valence-corrected chi connectivity index (χ2v) is 13.5. The second-order valence-electron chi connectivity index (χ2n) is 13.5. The monoisotopic (exact) mass is 604 g/mol. The van der Waals surface area contributed by atoms with Gasteiger partial charge in [0.2, 0.25) is 11.4 Å². The molecule has 2 heterocycles. The van der Waals surface area contributed by atoms with Crippen molar-refractivity contribution < 1.29 is 12.3 Å². The van der Waals surface area contributed by atoms with Crippen molar-refractivity contribution in [3.63, 3.8) is 0 Å². The Morgan fingerprint density at radius 2 is 1.30 bits per heavy atom. The summed E-state index contributed by atoms with van der Waals surface area (Å²) >= 11 is 0. The van der Waals surface area contributed by atoms with Crippen molar-refractivity contribution in [2.75, 3.05) is 0 Å². The van der Waals surface area contributed by atoms with Gasteiger partial charge in [0.15, 0.2) is 11.6 Å². The van der Waals surface area contributed by atoms with Crippen molar-refractivity contribution in [2.24, 2.45) is 36.8 Å². The molecule has 6 rings (SSSR count). The third-order valence-corrected chi connectivity index (χ3v) is 10.3. The smallest absolute Gasteiger partial charge is 0.226 e. The number of carbonyl (C=O) groups excluding carboxylic acids is 2. The molecule has 4 aliphatic carbocycles. The molecule has 0 saturated heterocycles. The number of aromatic nitrogens is 4. The number of aryl methyl sites for hydroxylation is 4. The van der Waals surface area contributed by atoms with E-state index in [0.717, 1.165) is 37.1 Å². The Balaban J connectivity index is 0.000000276. The first-order valence-corrected chi connectivity index (χ1v) is 15.0. The first-order valence-electron chi connectivity index (χ1n) is 17.0. The lowest BCUT2D eigenvalue weighted by Crippen LogP contribution is -2.51. The molecule has 238 valence electrons. The van der Waals surface area contributed by atoms with Crippen LogP contribution in [0, 0.1) is 35.8 Å². The fourth-order valence-corrected chi connectivity index (χ4v) is 8.46. The number of carbonyl (C=O) groups is 2. The standard InChI is InChI=1S/2C16H19N3O.C2H6.2CH4/c1-15(2)12-7-6-10-9-19(5)18-13(10)16(12,3)8-11(17-4)14(15)20;1-15(2)12-7-6-10-9-18-19(5)13(10)16(12,3)8-11(17-4)14(15)20;1-2;;/h2*8-9,12H,6-7H2,1-3,5H3;1-2H3;2*1H4/t2*12-,16-;;;/m00.../s1/i;;;2*1T. The summed E-state index contributed by atoms with van der Waals surface area (Å²) in [7, 11) is 6.37. The summed E-state index contributed by atoms with van der Waals surface area (Å²) in [5, 5.41) is 9.00. The van der Waals surface area contributed by atoms with Crippen LogP contribution in [-0.2, 0) is 47.4 Å². The molecule has 0 fully saturated rings. The third-order valence-electron chi connectivity index (χ3n) is 10.3. The molecular weight excluding hydrogens is 548 g/mol. The summed E-state index contributed by atoms with van der Waals surface area (Å²) in [5.74, 6) is 0.390. The van der Waals surface area contributed by atoms with E-state index in [1.54, 1.807) is 0 Å². The molecule has 0 unspecified atom stereocenters. The number of rotatable bonds is 0. The van der Waals surface area contributed by atoms with Crippen molar-refractivity contribution in [1.82, 2.24) is 19.6 Å². The first kappa shape index (κ1) is 33.1. The van der Waals surface area contributed by atoms with E-state index in [1.165, 1.54) is 25.9 Å². The zero-order valence-corrected chi connectivity index (χ0v) is 28.8. The van der Waals surface area contributed by atoms with Crippen molar-refractivity contribution in [1.29, 1.82) is 0 Å². The van der Waals surface area contributed by atoms with E-state index in [-0.39, 0.29) is 45.6 Å². The number of hydrogen-bond donors (Lipinski definition) is 0. The first-order chi connectivity index (χ1) is 21.6. The molecular formula is C36H52N6O2. The molecule has 0 saturated carbocycles. The molecule has 0 N–H and O–H groups in total. The van der Waals surface area contributed by atoms with Gasteiger partial charge in [0.05, 0.1) is 25.0 Å². The average molecular weight is 605 g/mol. The third kappa shape index (κ3) is 5.17. The molecule has 0 amide bonds. The molecule has 2 aromatic rings. The van der Waals surface area contributed by atoms with Gasteiger partial charge < -0.3 is 9.59 Å². The van der Waals surface area contributed by atoms with Crippen LogP contribution in [0.15, 0.2) is 35.9 Å². The van der Waals surface area contributed by atoms with Crippen LogP contribution in [0.25, 0.3) is 9.69 Å². The van der Waals surface area contributed by atoms with Gasteiger partial charge in [-0.15, -0.1) is 0 Å². The van der Waals surface area contributed by atoms with Crippen molar-refractivity contribution in [3.8, 4) is 0 Å². The number of hydrogen-bond acceptors (Lipinski definition) is 4. The van der Waals surface area contributed by atoms with Gasteiger partial charge >= 0.3 is 0 Å². The SMILES string of the molecule is CC.[3H]C.[3H]C.[C-]#[N+]C1=C[C@]2(C)c3c(cnn3C)CC[C@H]2C(C)(C)C1=O.[C-]#[N+]C1=C[C@]2(C)c3nn(C)cc3CC[C@H]2C(C)(C)C1=O. The zero-order chi connectivity index (χ0) is 35.4. The highest BCUT2D eigenvalue weighted by Crippen LogP contribution is 2.55. The van der Waals surface area contributed by atoms with Gasteiger partial charge in [-0.1, -0.05) is 82.3 Å². The second kappa shape index (κ2) is 12.3. The minimum atomic E-state index is -0.501. The van der Waals surface area contributed by atoms with E-state index >= 15 is 0 Å². The summed E-state index contributed by atoms with van der Waals surface area (Å²) in [4.78, 5) is 31.9.